The van der Waals surface area contributed by atoms with Crippen molar-refractivity contribution in [3.05, 3.63) is 53.2 Å². The highest BCUT2D eigenvalue weighted by Gasteiger charge is 2.16. The van der Waals surface area contributed by atoms with Crippen LogP contribution in [0.5, 0.6) is 0 Å². The van der Waals surface area contributed by atoms with Crippen molar-refractivity contribution in [2.24, 2.45) is 18.4 Å². The zero-order valence-corrected chi connectivity index (χ0v) is 15.9. The normalized spacial score (nSPS) is 12.0. The highest BCUT2D eigenvalue weighted by Crippen LogP contribution is 2.26. The maximum absolute atomic E-state index is 2.35. The second-order valence-electron chi connectivity index (χ2n) is 8.52. The van der Waals surface area contributed by atoms with Crippen LogP contribution in [0.3, 0.4) is 0 Å². The standard InChI is InChI=1S/C22H32N/c1-16(2)12-19-9-11-21(23(7)15-19)20-10-8-18(13-17(20)3)14-22(4,5)6/h8-11,13,15-16H,12,14H2,1-7H3/q+1. The minimum absolute atomic E-state index is 0.330. The van der Waals surface area contributed by atoms with Gasteiger partial charge in [0.15, 0.2) is 6.20 Å². The maximum atomic E-state index is 2.35. The van der Waals surface area contributed by atoms with E-state index in [-0.39, 0.29) is 0 Å². The van der Waals surface area contributed by atoms with E-state index in [1.807, 2.05) is 0 Å². The van der Waals surface area contributed by atoms with Gasteiger partial charge in [-0.3, -0.25) is 0 Å². The highest BCUT2D eigenvalue weighted by atomic mass is 14.9. The molecule has 2 rings (SSSR count). The predicted molar refractivity (Wildman–Crippen MR) is 99.5 cm³/mol. The van der Waals surface area contributed by atoms with E-state index in [0.717, 1.165) is 12.8 Å². The Bertz CT molecular complexity index is 675. The molecule has 0 aliphatic carbocycles. The number of aryl methyl sites for hydroxylation is 2. The van der Waals surface area contributed by atoms with Gasteiger partial charge in [0.05, 0.1) is 0 Å². The van der Waals surface area contributed by atoms with Gasteiger partial charge in [0.25, 0.3) is 0 Å². The van der Waals surface area contributed by atoms with E-state index < -0.39 is 0 Å². The summed E-state index contributed by atoms with van der Waals surface area (Å²) < 4.78 is 2.27. The van der Waals surface area contributed by atoms with Crippen molar-refractivity contribution in [3.63, 3.8) is 0 Å². The molecule has 0 fully saturated rings. The predicted octanol–water partition coefficient (Wildman–Crippen LogP) is 5.27. The molecule has 0 amide bonds. The van der Waals surface area contributed by atoms with Crippen molar-refractivity contribution in [2.45, 2.75) is 54.4 Å². The van der Waals surface area contributed by atoms with E-state index in [1.54, 1.807) is 0 Å². The first-order valence-electron chi connectivity index (χ1n) is 8.74. The number of nitrogens with zero attached hydrogens (tertiary/aromatic N) is 1. The largest absolute Gasteiger partial charge is 0.212 e. The van der Waals surface area contributed by atoms with Crippen LogP contribution in [-0.2, 0) is 19.9 Å². The average molecular weight is 311 g/mol. The van der Waals surface area contributed by atoms with E-state index >= 15 is 0 Å². The van der Waals surface area contributed by atoms with Crippen LogP contribution in [0.2, 0.25) is 0 Å². The second-order valence-corrected chi connectivity index (χ2v) is 8.52. The Kier molecular flexibility index (Phi) is 5.29. The van der Waals surface area contributed by atoms with Crippen LogP contribution in [0.1, 0.15) is 51.3 Å². The molecule has 0 radical (unpaired) electrons. The summed E-state index contributed by atoms with van der Waals surface area (Å²) in [5.74, 6) is 0.694. The molecule has 1 heteroatoms. The van der Waals surface area contributed by atoms with Gasteiger partial charge in [-0.25, -0.2) is 4.57 Å². The van der Waals surface area contributed by atoms with Crippen molar-refractivity contribution in [2.75, 3.05) is 0 Å². The average Bonchev–Trinajstić information content (AvgIpc) is 2.37. The number of hydrogen-bond acceptors (Lipinski definition) is 0. The van der Waals surface area contributed by atoms with Crippen molar-refractivity contribution in [3.8, 4) is 11.3 Å². The summed E-state index contributed by atoms with van der Waals surface area (Å²) in [6.45, 7) is 13.7. The van der Waals surface area contributed by atoms with Crippen molar-refractivity contribution < 1.29 is 4.57 Å². The Morgan fingerprint density at radius 1 is 1.00 bits per heavy atom. The molecule has 0 bridgehead atoms. The first-order chi connectivity index (χ1) is 10.7. The molecule has 1 aromatic heterocycles. The molecular weight excluding hydrogens is 278 g/mol. The SMILES string of the molecule is Cc1cc(CC(C)(C)C)ccc1-c1ccc(CC(C)C)c[n+]1C. The Labute approximate surface area is 142 Å². The van der Waals surface area contributed by atoms with E-state index in [2.05, 4.69) is 89.7 Å². The van der Waals surface area contributed by atoms with Crippen LogP contribution in [0, 0.1) is 18.3 Å². The zero-order valence-electron chi connectivity index (χ0n) is 15.9. The molecule has 0 aliphatic rings. The van der Waals surface area contributed by atoms with Gasteiger partial charge in [-0.1, -0.05) is 46.8 Å². The van der Waals surface area contributed by atoms with Crippen LogP contribution in [0.15, 0.2) is 36.5 Å². The highest BCUT2D eigenvalue weighted by molar-refractivity contribution is 5.61. The van der Waals surface area contributed by atoms with Gasteiger partial charge in [-0.15, -0.1) is 0 Å². The summed E-state index contributed by atoms with van der Waals surface area (Å²) >= 11 is 0. The van der Waals surface area contributed by atoms with Gasteiger partial charge >= 0.3 is 0 Å². The molecule has 1 nitrogen and oxygen atoms in total. The molecule has 1 aromatic carbocycles. The van der Waals surface area contributed by atoms with Crippen molar-refractivity contribution >= 4 is 0 Å². The molecule has 124 valence electrons. The first kappa shape index (κ1) is 17.7. The van der Waals surface area contributed by atoms with Crippen LogP contribution < -0.4 is 4.57 Å². The van der Waals surface area contributed by atoms with Gasteiger partial charge in [-0.2, -0.15) is 0 Å². The Morgan fingerprint density at radius 2 is 1.65 bits per heavy atom. The Balaban J connectivity index is 2.32. The molecule has 0 spiro atoms. The summed E-state index contributed by atoms with van der Waals surface area (Å²) in [7, 11) is 2.15. The van der Waals surface area contributed by atoms with Crippen LogP contribution in [-0.4, -0.2) is 0 Å². The minimum Gasteiger partial charge on any atom is -0.201 e. The van der Waals surface area contributed by atoms with Gasteiger partial charge in [0.1, 0.15) is 7.05 Å². The molecule has 0 N–H and O–H groups in total. The van der Waals surface area contributed by atoms with Crippen LogP contribution >= 0.6 is 0 Å². The first-order valence-corrected chi connectivity index (χ1v) is 8.74. The molecule has 23 heavy (non-hydrogen) atoms. The summed E-state index contributed by atoms with van der Waals surface area (Å²) in [4.78, 5) is 0. The third-order valence-corrected chi connectivity index (χ3v) is 4.14. The molecule has 0 saturated carbocycles. The monoisotopic (exact) mass is 310 g/mol. The number of aromatic nitrogens is 1. The van der Waals surface area contributed by atoms with Crippen LogP contribution in [0.25, 0.3) is 11.3 Å². The quantitative estimate of drug-likeness (QED) is 0.677. The lowest BCUT2D eigenvalue weighted by molar-refractivity contribution is -0.660. The molecule has 0 aliphatic heterocycles. The number of hydrogen-bond donors (Lipinski definition) is 0. The third kappa shape index (κ3) is 4.92. The summed E-state index contributed by atoms with van der Waals surface area (Å²) in [6.07, 6.45) is 4.53. The number of pyridine rings is 1. The smallest absolute Gasteiger partial charge is 0.201 e. The fourth-order valence-corrected chi connectivity index (χ4v) is 3.27. The van der Waals surface area contributed by atoms with E-state index in [4.69, 9.17) is 0 Å². The molecular formula is C22H32N+. The number of benzene rings is 1. The lowest BCUT2D eigenvalue weighted by atomic mass is 9.87. The van der Waals surface area contributed by atoms with E-state index in [0.29, 0.717) is 11.3 Å². The minimum atomic E-state index is 0.330. The lowest BCUT2D eigenvalue weighted by Gasteiger charge is -2.18. The summed E-state index contributed by atoms with van der Waals surface area (Å²) in [6, 6.07) is 11.5. The van der Waals surface area contributed by atoms with E-state index in [9.17, 15) is 0 Å². The van der Waals surface area contributed by atoms with Crippen molar-refractivity contribution in [1.82, 2.24) is 0 Å². The van der Waals surface area contributed by atoms with Crippen molar-refractivity contribution in [1.29, 1.82) is 0 Å². The topological polar surface area (TPSA) is 3.88 Å². The fraction of sp³-hybridized carbons (Fsp3) is 0.500. The number of rotatable bonds is 4. The zero-order chi connectivity index (χ0) is 17.2. The second kappa shape index (κ2) is 6.86. The molecule has 2 aromatic rings. The fourth-order valence-electron chi connectivity index (χ4n) is 3.27. The molecule has 0 unspecified atom stereocenters. The van der Waals surface area contributed by atoms with Crippen LogP contribution in [0.4, 0.5) is 0 Å². The Hall–Kier alpha value is -1.63. The van der Waals surface area contributed by atoms with E-state index in [1.165, 1.54) is 27.9 Å². The van der Waals surface area contributed by atoms with Gasteiger partial charge in [-0.05, 0) is 54.4 Å². The lowest BCUT2D eigenvalue weighted by Crippen LogP contribution is -2.31. The molecule has 0 saturated heterocycles. The summed E-state index contributed by atoms with van der Waals surface area (Å²) in [5.41, 5.74) is 7.15. The van der Waals surface area contributed by atoms with Gasteiger partial charge in [0.2, 0.25) is 5.69 Å². The third-order valence-electron chi connectivity index (χ3n) is 4.14. The summed E-state index contributed by atoms with van der Waals surface area (Å²) in [5, 5.41) is 0. The molecule has 1 heterocycles. The van der Waals surface area contributed by atoms with Gasteiger partial charge < -0.3 is 0 Å². The maximum Gasteiger partial charge on any atom is 0.212 e. The Morgan fingerprint density at radius 3 is 2.17 bits per heavy atom. The van der Waals surface area contributed by atoms with Gasteiger partial charge in [0, 0.05) is 17.2 Å². The molecule has 0 atom stereocenters.